The summed E-state index contributed by atoms with van der Waals surface area (Å²) < 4.78 is 1.06. The molecule has 0 fully saturated rings. The van der Waals surface area contributed by atoms with Gasteiger partial charge < -0.3 is 10.7 Å². The van der Waals surface area contributed by atoms with Crippen LogP contribution in [0.4, 0.5) is 11.6 Å². The second-order valence-electron chi connectivity index (χ2n) is 3.81. The van der Waals surface area contributed by atoms with Crippen molar-refractivity contribution in [2.75, 3.05) is 10.7 Å². The largest absolute Gasteiger partial charge is 0.366 e. The minimum Gasteiger partial charge on any atom is -0.366 e. The maximum atomic E-state index is 5.34. The number of hydrogen-bond acceptors (Lipinski definition) is 5. The Bertz CT molecular complexity index is 544. The third-order valence-corrected chi connectivity index (χ3v) is 2.84. The highest BCUT2D eigenvalue weighted by Gasteiger charge is 2.01. The highest BCUT2D eigenvalue weighted by Crippen LogP contribution is 2.14. The van der Waals surface area contributed by atoms with Gasteiger partial charge in [-0.15, -0.1) is 0 Å². The van der Waals surface area contributed by atoms with Crippen LogP contribution in [0.2, 0.25) is 0 Å². The number of halogens is 1. The van der Waals surface area contributed by atoms with Crippen molar-refractivity contribution in [2.45, 2.75) is 13.5 Å². The van der Waals surface area contributed by atoms with Gasteiger partial charge in [0, 0.05) is 17.1 Å². The minimum atomic E-state index is 0.597. The molecule has 0 unspecified atom stereocenters. The van der Waals surface area contributed by atoms with E-state index in [0.717, 1.165) is 10.3 Å². The highest BCUT2D eigenvalue weighted by molar-refractivity contribution is 9.10. The van der Waals surface area contributed by atoms with Gasteiger partial charge in [-0.25, -0.2) is 15.8 Å². The van der Waals surface area contributed by atoms with Crippen molar-refractivity contribution in [2.24, 2.45) is 5.84 Å². The molecule has 0 aliphatic rings. The Morgan fingerprint density at radius 3 is 2.72 bits per heavy atom. The number of nitrogen functional groups attached to an aromatic ring is 1. The molecular weight excluding hydrogens is 294 g/mol. The Hall–Kier alpha value is -1.66. The van der Waals surface area contributed by atoms with Crippen LogP contribution in [-0.4, -0.2) is 9.97 Å². The van der Waals surface area contributed by atoms with E-state index in [2.05, 4.69) is 42.7 Å². The van der Waals surface area contributed by atoms with Crippen LogP contribution in [0.1, 0.15) is 11.4 Å². The molecule has 1 heterocycles. The fourth-order valence-electron chi connectivity index (χ4n) is 1.57. The van der Waals surface area contributed by atoms with E-state index in [1.165, 1.54) is 5.56 Å². The zero-order valence-electron chi connectivity index (χ0n) is 9.94. The minimum absolute atomic E-state index is 0.597. The van der Waals surface area contributed by atoms with Gasteiger partial charge in [0.1, 0.15) is 17.5 Å². The van der Waals surface area contributed by atoms with Crippen molar-refractivity contribution >= 4 is 27.6 Å². The van der Waals surface area contributed by atoms with Gasteiger partial charge in [0.15, 0.2) is 0 Å². The molecule has 4 N–H and O–H groups in total. The molecule has 0 saturated carbocycles. The zero-order valence-corrected chi connectivity index (χ0v) is 11.5. The molecule has 94 valence electrons. The standard InChI is InChI=1S/C12H14BrN5/c1-8-16-11(6-12(17-8)18-14)15-7-9-3-2-4-10(13)5-9/h2-6H,7,14H2,1H3,(H2,15,16,17,18). The Morgan fingerprint density at radius 1 is 1.22 bits per heavy atom. The average molecular weight is 308 g/mol. The lowest BCUT2D eigenvalue weighted by atomic mass is 10.2. The van der Waals surface area contributed by atoms with Gasteiger partial charge in [-0.2, -0.15) is 0 Å². The molecule has 0 atom stereocenters. The maximum absolute atomic E-state index is 5.34. The molecule has 0 aliphatic carbocycles. The second kappa shape index (κ2) is 5.79. The average Bonchev–Trinajstić information content (AvgIpc) is 2.36. The van der Waals surface area contributed by atoms with Crippen molar-refractivity contribution < 1.29 is 0 Å². The van der Waals surface area contributed by atoms with Gasteiger partial charge >= 0.3 is 0 Å². The summed E-state index contributed by atoms with van der Waals surface area (Å²) in [5.74, 6) is 7.35. The summed E-state index contributed by atoms with van der Waals surface area (Å²) in [6.45, 7) is 2.52. The van der Waals surface area contributed by atoms with Gasteiger partial charge in [-0.1, -0.05) is 28.1 Å². The summed E-state index contributed by atoms with van der Waals surface area (Å²) in [4.78, 5) is 8.42. The first-order valence-electron chi connectivity index (χ1n) is 5.48. The lowest BCUT2D eigenvalue weighted by molar-refractivity contribution is 1.02. The number of hydrazine groups is 1. The van der Waals surface area contributed by atoms with Gasteiger partial charge in [-0.05, 0) is 24.6 Å². The Morgan fingerprint density at radius 2 is 2.00 bits per heavy atom. The van der Waals surface area contributed by atoms with E-state index >= 15 is 0 Å². The third-order valence-electron chi connectivity index (χ3n) is 2.35. The second-order valence-corrected chi connectivity index (χ2v) is 4.73. The number of aromatic nitrogens is 2. The quantitative estimate of drug-likeness (QED) is 0.597. The van der Waals surface area contributed by atoms with Gasteiger partial charge in [0.2, 0.25) is 0 Å². The van der Waals surface area contributed by atoms with E-state index in [9.17, 15) is 0 Å². The zero-order chi connectivity index (χ0) is 13.0. The van der Waals surface area contributed by atoms with Crippen molar-refractivity contribution in [3.63, 3.8) is 0 Å². The number of rotatable bonds is 4. The van der Waals surface area contributed by atoms with Crippen molar-refractivity contribution in [1.29, 1.82) is 0 Å². The molecule has 0 spiro atoms. The number of anilines is 2. The molecule has 1 aromatic heterocycles. The van der Waals surface area contributed by atoms with Gasteiger partial charge in [0.05, 0.1) is 0 Å². The Labute approximate surface area is 114 Å². The summed E-state index contributed by atoms with van der Waals surface area (Å²) >= 11 is 3.44. The van der Waals surface area contributed by atoms with Crippen LogP contribution < -0.4 is 16.6 Å². The molecule has 0 radical (unpaired) electrons. The molecule has 2 aromatic rings. The van der Waals surface area contributed by atoms with E-state index in [4.69, 9.17) is 5.84 Å². The van der Waals surface area contributed by atoms with E-state index in [-0.39, 0.29) is 0 Å². The molecule has 6 heteroatoms. The number of nitrogens with zero attached hydrogens (tertiary/aromatic N) is 2. The molecule has 0 saturated heterocycles. The normalized spacial score (nSPS) is 10.2. The van der Waals surface area contributed by atoms with Crippen LogP contribution in [-0.2, 0) is 6.54 Å². The van der Waals surface area contributed by atoms with E-state index in [1.54, 1.807) is 6.07 Å². The lowest BCUT2D eigenvalue weighted by Crippen LogP contribution is -2.11. The van der Waals surface area contributed by atoms with Crippen LogP contribution in [0.3, 0.4) is 0 Å². The molecule has 18 heavy (non-hydrogen) atoms. The predicted molar refractivity (Wildman–Crippen MR) is 76.0 cm³/mol. The summed E-state index contributed by atoms with van der Waals surface area (Å²) in [5, 5.41) is 3.24. The van der Waals surface area contributed by atoms with Crippen molar-refractivity contribution in [3.8, 4) is 0 Å². The molecule has 5 nitrogen and oxygen atoms in total. The van der Waals surface area contributed by atoms with E-state index < -0.39 is 0 Å². The fourth-order valence-corrected chi connectivity index (χ4v) is 2.02. The summed E-state index contributed by atoms with van der Waals surface area (Å²) in [6, 6.07) is 9.87. The molecular formula is C12H14BrN5. The van der Waals surface area contributed by atoms with Crippen LogP contribution >= 0.6 is 15.9 Å². The molecule has 0 bridgehead atoms. The first-order chi connectivity index (χ1) is 8.67. The molecule has 2 rings (SSSR count). The summed E-state index contributed by atoms with van der Waals surface area (Å²) in [7, 11) is 0. The Balaban J connectivity index is 2.08. The van der Waals surface area contributed by atoms with Crippen LogP contribution in [0, 0.1) is 6.92 Å². The van der Waals surface area contributed by atoms with Gasteiger partial charge in [0.25, 0.3) is 0 Å². The Kier molecular flexibility index (Phi) is 4.11. The van der Waals surface area contributed by atoms with E-state index in [0.29, 0.717) is 18.2 Å². The number of nitrogens with two attached hydrogens (primary N) is 1. The molecule has 1 aromatic carbocycles. The topological polar surface area (TPSA) is 75.9 Å². The molecule has 0 amide bonds. The number of hydrogen-bond donors (Lipinski definition) is 3. The highest BCUT2D eigenvalue weighted by atomic mass is 79.9. The fraction of sp³-hybridized carbons (Fsp3) is 0.167. The third kappa shape index (κ3) is 3.41. The number of aryl methyl sites for hydroxylation is 1. The molecule has 0 aliphatic heterocycles. The SMILES string of the molecule is Cc1nc(NN)cc(NCc2cccc(Br)c2)n1. The van der Waals surface area contributed by atoms with Crippen LogP contribution in [0.5, 0.6) is 0 Å². The summed E-state index contributed by atoms with van der Waals surface area (Å²) in [6.07, 6.45) is 0. The first-order valence-corrected chi connectivity index (χ1v) is 6.27. The van der Waals surface area contributed by atoms with E-state index in [1.807, 2.05) is 25.1 Å². The van der Waals surface area contributed by atoms with Crippen LogP contribution in [0.25, 0.3) is 0 Å². The number of nitrogens with one attached hydrogen (secondary N) is 2. The lowest BCUT2D eigenvalue weighted by Gasteiger charge is -2.08. The number of benzene rings is 1. The maximum Gasteiger partial charge on any atom is 0.145 e. The van der Waals surface area contributed by atoms with Crippen molar-refractivity contribution in [1.82, 2.24) is 9.97 Å². The van der Waals surface area contributed by atoms with Gasteiger partial charge in [-0.3, -0.25) is 0 Å². The first kappa shape index (κ1) is 12.8. The monoisotopic (exact) mass is 307 g/mol. The predicted octanol–water partition coefficient (Wildman–Crippen LogP) is 2.45. The summed E-state index contributed by atoms with van der Waals surface area (Å²) in [5.41, 5.74) is 3.69. The smallest absolute Gasteiger partial charge is 0.145 e. The van der Waals surface area contributed by atoms with Crippen LogP contribution in [0.15, 0.2) is 34.8 Å². The van der Waals surface area contributed by atoms with Crippen molar-refractivity contribution in [3.05, 3.63) is 46.2 Å².